The van der Waals surface area contributed by atoms with Crippen LogP contribution < -0.4 is 11.1 Å². The molecule has 0 rings (SSSR count). The minimum Gasteiger partial charge on any atom is -0.480 e. The highest BCUT2D eigenvalue weighted by molar-refractivity contribution is 7.80. The fourth-order valence-electron chi connectivity index (χ4n) is 0.812. The molecular formula is C8H14N2O4S. The molecule has 4 N–H and O–H groups in total. The van der Waals surface area contributed by atoms with Crippen LogP contribution >= 0.6 is 12.6 Å². The average Bonchev–Trinajstić information content (AvgIpc) is 2.22. The van der Waals surface area contributed by atoms with E-state index in [-0.39, 0.29) is 18.6 Å². The molecular weight excluding hydrogens is 220 g/mol. The summed E-state index contributed by atoms with van der Waals surface area (Å²) in [6.07, 6.45) is 0.590. The van der Waals surface area contributed by atoms with Crippen LogP contribution in [-0.4, -0.2) is 41.1 Å². The Bertz CT molecular complexity index is 247. The van der Waals surface area contributed by atoms with E-state index in [0.29, 0.717) is 6.29 Å². The second-order valence-electron chi connectivity index (χ2n) is 2.98. The Morgan fingerprint density at radius 3 is 2.53 bits per heavy atom. The Labute approximate surface area is 92.6 Å². The molecule has 0 aromatic heterocycles. The SMILES string of the molecule is NC(CCC(=O)NC(C=O)CS)C(=O)O. The fourth-order valence-corrected chi connectivity index (χ4v) is 0.989. The van der Waals surface area contributed by atoms with Crippen LogP contribution in [0.3, 0.4) is 0 Å². The van der Waals surface area contributed by atoms with Gasteiger partial charge in [0.15, 0.2) is 0 Å². The van der Waals surface area contributed by atoms with Crippen molar-refractivity contribution in [3.63, 3.8) is 0 Å². The minimum atomic E-state index is -1.15. The minimum absolute atomic E-state index is 0.0222. The predicted molar refractivity (Wildman–Crippen MR) is 56.7 cm³/mol. The molecule has 2 atom stereocenters. The first-order valence-corrected chi connectivity index (χ1v) is 4.98. The zero-order valence-electron chi connectivity index (χ0n) is 8.05. The summed E-state index contributed by atoms with van der Waals surface area (Å²) in [6, 6.07) is -1.69. The number of carboxylic acids is 1. The number of amides is 1. The molecule has 0 fully saturated rings. The maximum absolute atomic E-state index is 11.1. The number of aliphatic carboxylic acids is 1. The van der Waals surface area contributed by atoms with Crippen LogP contribution in [0.1, 0.15) is 12.8 Å². The molecule has 2 unspecified atom stereocenters. The molecule has 0 bridgehead atoms. The first-order chi connectivity index (χ1) is 7.01. The Morgan fingerprint density at radius 1 is 1.53 bits per heavy atom. The van der Waals surface area contributed by atoms with Gasteiger partial charge in [0.1, 0.15) is 12.3 Å². The lowest BCUT2D eigenvalue weighted by Gasteiger charge is -2.10. The zero-order valence-corrected chi connectivity index (χ0v) is 8.94. The third-order valence-corrected chi connectivity index (χ3v) is 2.10. The zero-order chi connectivity index (χ0) is 11.8. The van der Waals surface area contributed by atoms with Crippen LogP contribution in [0.5, 0.6) is 0 Å². The number of carbonyl (C=O) groups excluding carboxylic acids is 2. The Hall–Kier alpha value is -1.08. The first-order valence-electron chi connectivity index (χ1n) is 4.35. The van der Waals surface area contributed by atoms with Crippen molar-refractivity contribution in [3.05, 3.63) is 0 Å². The summed E-state index contributed by atoms with van der Waals surface area (Å²) in [5, 5.41) is 10.8. The van der Waals surface area contributed by atoms with E-state index < -0.39 is 24.0 Å². The Balaban J connectivity index is 3.84. The highest BCUT2D eigenvalue weighted by atomic mass is 32.1. The lowest BCUT2D eigenvalue weighted by molar-refractivity contribution is -0.138. The molecule has 0 aromatic carbocycles. The third-order valence-electron chi connectivity index (χ3n) is 1.71. The number of nitrogens with one attached hydrogen (secondary N) is 1. The summed E-state index contributed by atoms with van der Waals surface area (Å²) < 4.78 is 0. The number of rotatable bonds is 7. The van der Waals surface area contributed by atoms with Crippen LogP contribution in [-0.2, 0) is 14.4 Å². The third kappa shape index (κ3) is 6.08. The molecule has 0 aliphatic rings. The van der Waals surface area contributed by atoms with Gasteiger partial charge in [-0.2, -0.15) is 12.6 Å². The van der Waals surface area contributed by atoms with Gasteiger partial charge in [-0.15, -0.1) is 0 Å². The van der Waals surface area contributed by atoms with Gasteiger partial charge in [0.05, 0.1) is 6.04 Å². The summed E-state index contributed by atoms with van der Waals surface area (Å²) in [6.45, 7) is 0. The molecule has 0 spiro atoms. The van der Waals surface area contributed by atoms with Gasteiger partial charge >= 0.3 is 5.97 Å². The van der Waals surface area contributed by atoms with Crippen LogP contribution in [0.15, 0.2) is 0 Å². The van der Waals surface area contributed by atoms with Crippen molar-refractivity contribution >= 4 is 30.8 Å². The van der Waals surface area contributed by atoms with Crippen LogP contribution in [0.25, 0.3) is 0 Å². The number of carboxylic acid groups (broad SMARTS) is 1. The van der Waals surface area contributed by atoms with Gasteiger partial charge in [-0.3, -0.25) is 9.59 Å². The van der Waals surface area contributed by atoms with Crippen LogP contribution in [0, 0.1) is 0 Å². The van der Waals surface area contributed by atoms with Crippen molar-refractivity contribution in [2.45, 2.75) is 24.9 Å². The van der Waals surface area contributed by atoms with Crippen molar-refractivity contribution < 1.29 is 19.5 Å². The molecule has 0 heterocycles. The summed E-state index contributed by atoms with van der Waals surface area (Å²) >= 11 is 3.85. The number of hydrogen-bond donors (Lipinski definition) is 4. The van der Waals surface area contributed by atoms with Crippen LogP contribution in [0.2, 0.25) is 0 Å². The van der Waals surface area contributed by atoms with Gasteiger partial charge in [-0.05, 0) is 6.42 Å². The summed E-state index contributed by atoms with van der Waals surface area (Å²) in [5.41, 5.74) is 5.20. The molecule has 6 nitrogen and oxygen atoms in total. The maximum atomic E-state index is 11.1. The molecule has 0 aliphatic carbocycles. The highest BCUT2D eigenvalue weighted by Gasteiger charge is 2.15. The molecule has 15 heavy (non-hydrogen) atoms. The number of aldehydes is 1. The normalized spacial score (nSPS) is 14.0. The largest absolute Gasteiger partial charge is 0.480 e. The summed E-state index contributed by atoms with van der Waals surface area (Å²) in [4.78, 5) is 31.8. The van der Waals surface area contributed by atoms with Gasteiger partial charge < -0.3 is 21.0 Å². The monoisotopic (exact) mass is 234 g/mol. The Kier molecular flexibility index (Phi) is 6.72. The van der Waals surface area contributed by atoms with E-state index in [1.807, 2.05) is 0 Å². The molecule has 0 radical (unpaired) electrons. The van der Waals surface area contributed by atoms with Gasteiger partial charge in [-0.25, -0.2) is 0 Å². The second kappa shape index (κ2) is 7.24. The number of carbonyl (C=O) groups is 3. The van der Waals surface area contributed by atoms with Gasteiger partial charge in [0.2, 0.25) is 5.91 Å². The smallest absolute Gasteiger partial charge is 0.320 e. The van der Waals surface area contributed by atoms with E-state index in [1.165, 1.54) is 0 Å². The molecule has 0 saturated heterocycles. The summed E-state index contributed by atoms with van der Waals surface area (Å²) in [5.74, 6) is -1.35. The fraction of sp³-hybridized carbons (Fsp3) is 0.625. The van der Waals surface area contributed by atoms with E-state index in [1.54, 1.807) is 0 Å². The van der Waals surface area contributed by atoms with Crippen molar-refractivity contribution in [2.24, 2.45) is 5.73 Å². The van der Waals surface area contributed by atoms with Crippen LogP contribution in [0.4, 0.5) is 0 Å². The molecule has 1 amide bonds. The van der Waals surface area contributed by atoms with Crippen molar-refractivity contribution in [1.29, 1.82) is 0 Å². The van der Waals surface area contributed by atoms with E-state index in [0.717, 1.165) is 0 Å². The van der Waals surface area contributed by atoms with Crippen molar-refractivity contribution in [1.82, 2.24) is 5.32 Å². The first kappa shape index (κ1) is 13.9. The van der Waals surface area contributed by atoms with E-state index in [9.17, 15) is 14.4 Å². The predicted octanol–water partition coefficient (Wildman–Crippen LogP) is -1.21. The van der Waals surface area contributed by atoms with Gasteiger partial charge in [-0.1, -0.05) is 0 Å². The lowest BCUT2D eigenvalue weighted by Crippen LogP contribution is -2.38. The molecule has 0 aliphatic heterocycles. The molecule has 7 heteroatoms. The number of nitrogens with two attached hydrogens (primary N) is 1. The quantitative estimate of drug-likeness (QED) is 0.326. The topological polar surface area (TPSA) is 109 Å². The highest BCUT2D eigenvalue weighted by Crippen LogP contribution is 1.95. The summed E-state index contributed by atoms with van der Waals surface area (Å²) in [7, 11) is 0. The average molecular weight is 234 g/mol. The van der Waals surface area contributed by atoms with Gasteiger partial charge in [0.25, 0.3) is 0 Å². The number of hydrogen-bond acceptors (Lipinski definition) is 5. The Morgan fingerprint density at radius 2 is 2.13 bits per heavy atom. The van der Waals surface area contributed by atoms with E-state index >= 15 is 0 Å². The van der Waals surface area contributed by atoms with Gasteiger partial charge in [0, 0.05) is 12.2 Å². The second-order valence-corrected chi connectivity index (χ2v) is 3.34. The number of thiol groups is 1. The van der Waals surface area contributed by atoms with E-state index in [2.05, 4.69) is 17.9 Å². The molecule has 0 aromatic rings. The lowest BCUT2D eigenvalue weighted by atomic mass is 10.1. The van der Waals surface area contributed by atoms with Crippen molar-refractivity contribution in [3.8, 4) is 0 Å². The molecule has 86 valence electrons. The standard InChI is InChI=1S/C8H14N2O4S/c9-6(8(13)14)1-2-7(12)10-5(3-11)4-15/h3,5-6,15H,1-2,4,9H2,(H,10,12)(H,13,14). The molecule has 0 saturated carbocycles. The van der Waals surface area contributed by atoms with E-state index in [4.69, 9.17) is 10.8 Å². The van der Waals surface area contributed by atoms with Crippen molar-refractivity contribution in [2.75, 3.05) is 5.75 Å². The maximum Gasteiger partial charge on any atom is 0.320 e.